The monoisotopic (exact) mass is 445 g/mol. The smallest absolute Gasteiger partial charge is 0.296 e. The quantitative estimate of drug-likeness (QED) is 0.359. The first-order chi connectivity index (χ1) is 16.0. The van der Waals surface area contributed by atoms with Crippen LogP contribution in [0, 0.1) is 0 Å². The van der Waals surface area contributed by atoms with E-state index in [1.807, 2.05) is 13.0 Å². The number of carbonyl (C=O) groups is 2. The molecule has 1 amide bonds. The van der Waals surface area contributed by atoms with Gasteiger partial charge in [0.05, 0.1) is 31.5 Å². The molecule has 168 valence electrons. The van der Waals surface area contributed by atoms with E-state index < -0.39 is 17.7 Å². The maximum Gasteiger partial charge on any atom is 0.296 e. The summed E-state index contributed by atoms with van der Waals surface area (Å²) in [5, 5.41) is 11.3. The summed E-state index contributed by atoms with van der Waals surface area (Å²) in [6, 6.07) is 15.1. The first kappa shape index (κ1) is 20.9. The number of Topliss-reactive ketones (excluding diaryl/α,β-unsaturated/α-hetero) is 1. The molecule has 2 unspecified atom stereocenters. The number of ketones is 1. The minimum Gasteiger partial charge on any atom is -0.507 e. The Kier molecular flexibility index (Phi) is 5.17. The molecular formula is C26H23NO6. The second kappa shape index (κ2) is 8.16. The number of amides is 1. The fourth-order valence-corrected chi connectivity index (χ4v) is 4.47. The van der Waals surface area contributed by atoms with Crippen LogP contribution in [0.5, 0.6) is 11.5 Å². The van der Waals surface area contributed by atoms with Crippen molar-refractivity contribution in [2.24, 2.45) is 0 Å². The predicted octanol–water partition coefficient (Wildman–Crippen LogP) is 4.23. The zero-order valence-electron chi connectivity index (χ0n) is 18.3. The van der Waals surface area contributed by atoms with Crippen LogP contribution in [0.25, 0.3) is 5.76 Å². The molecule has 1 saturated heterocycles. The van der Waals surface area contributed by atoms with Crippen molar-refractivity contribution in [3.05, 3.63) is 88.9 Å². The molecule has 5 rings (SSSR count). The van der Waals surface area contributed by atoms with Crippen LogP contribution in [0.3, 0.4) is 0 Å². The van der Waals surface area contributed by atoms with E-state index in [1.54, 1.807) is 55.6 Å². The van der Waals surface area contributed by atoms with Gasteiger partial charge >= 0.3 is 0 Å². The summed E-state index contributed by atoms with van der Waals surface area (Å²) in [7, 11) is 1.57. The van der Waals surface area contributed by atoms with Crippen molar-refractivity contribution in [3.63, 3.8) is 0 Å². The van der Waals surface area contributed by atoms with Gasteiger partial charge in [0.25, 0.3) is 11.7 Å². The van der Waals surface area contributed by atoms with Crippen molar-refractivity contribution in [2.45, 2.75) is 32.0 Å². The van der Waals surface area contributed by atoms with Crippen LogP contribution in [0.1, 0.15) is 35.4 Å². The second-order valence-corrected chi connectivity index (χ2v) is 8.23. The molecule has 7 heteroatoms. The first-order valence-electron chi connectivity index (χ1n) is 10.7. The standard InChI is InChI=1S/C26H23NO6/c1-15-12-18-13-17(7-10-21(18)33-15)24(28)22-23(16-5-8-19(31-2)9-6-16)27(26(30)25(22)29)14-20-4-3-11-32-20/h3-11,13,15,23,28H,12,14H2,1-2H3. The summed E-state index contributed by atoms with van der Waals surface area (Å²) < 4.78 is 16.4. The molecule has 2 aliphatic heterocycles. The summed E-state index contributed by atoms with van der Waals surface area (Å²) in [5.74, 6) is 0.327. The molecule has 0 saturated carbocycles. The van der Waals surface area contributed by atoms with E-state index in [1.165, 1.54) is 11.2 Å². The number of rotatable bonds is 5. The lowest BCUT2D eigenvalue weighted by Gasteiger charge is -2.24. The number of fused-ring (bicyclic) bond motifs is 1. The van der Waals surface area contributed by atoms with E-state index in [9.17, 15) is 14.7 Å². The summed E-state index contributed by atoms with van der Waals surface area (Å²) in [4.78, 5) is 27.6. The third-order valence-corrected chi connectivity index (χ3v) is 6.05. The van der Waals surface area contributed by atoms with Crippen LogP contribution in [0.15, 0.2) is 70.9 Å². The molecule has 3 aromatic rings. The number of benzene rings is 2. The highest BCUT2D eigenvalue weighted by Crippen LogP contribution is 2.41. The highest BCUT2D eigenvalue weighted by molar-refractivity contribution is 6.46. The van der Waals surface area contributed by atoms with Crippen LogP contribution in [-0.2, 0) is 22.6 Å². The molecule has 2 aromatic carbocycles. The molecule has 1 aromatic heterocycles. The first-order valence-corrected chi connectivity index (χ1v) is 10.7. The third-order valence-electron chi connectivity index (χ3n) is 6.05. The van der Waals surface area contributed by atoms with Crippen LogP contribution in [0.2, 0.25) is 0 Å². The third kappa shape index (κ3) is 3.65. The number of furan rings is 1. The minimum atomic E-state index is -0.774. The molecule has 0 radical (unpaired) electrons. The van der Waals surface area contributed by atoms with Crippen LogP contribution in [-0.4, -0.2) is 34.9 Å². The van der Waals surface area contributed by atoms with Gasteiger partial charge in [-0.1, -0.05) is 12.1 Å². The Morgan fingerprint density at radius 3 is 2.64 bits per heavy atom. The molecule has 0 aliphatic carbocycles. The molecule has 0 bridgehead atoms. The lowest BCUT2D eigenvalue weighted by atomic mass is 9.94. The van der Waals surface area contributed by atoms with Gasteiger partial charge in [0.15, 0.2) is 0 Å². The number of hydrogen-bond acceptors (Lipinski definition) is 6. The molecule has 2 atom stereocenters. The van der Waals surface area contributed by atoms with Crippen molar-refractivity contribution in [3.8, 4) is 11.5 Å². The van der Waals surface area contributed by atoms with Crippen molar-refractivity contribution < 1.29 is 28.6 Å². The average molecular weight is 445 g/mol. The number of aliphatic hydroxyl groups is 1. The summed E-state index contributed by atoms with van der Waals surface area (Å²) in [6.45, 7) is 2.07. The summed E-state index contributed by atoms with van der Waals surface area (Å²) in [5.41, 5.74) is 2.16. The van der Waals surface area contributed by atoms with Crippen molar-refractivity contribution in [1.82, 2.24) is 4.90 Å². The van der Waals surface area contributed by atoms with Crippen molar-refractivity contribution >= 4 is 17.4 Å². The van der Waals surface area contributed by atoms with Crippen LogP contribution >= 0.6 is 0 Å². The Hall–Kier alpha value is -4.00. The van der Waals surface area contributed by atoms with Gasteiger partial charge in [-0.05, 0) is 60.5 Å². The zero-order chi connectivity index (χ0) is 23.1. The minimum absolute atomic E-state index is 0.0450. The predicted molar refractivity (Wildman–Crippen MR) is 120 cm³/mol. The van der Waals surface area contributed by atoms with E-state index in [2.05, 4.69) is 0 Å². The van der Waals surface area contributed by atoms with Crippen LogP contribution in [0.4, 0.5) is 0 Å². The Bertz CT molecular complexity index is 1240. The van der Waals surface area contributed by atoms with E-state index in [-0.39, 0.29) is 24.0 Å². The molecule has 33 heavy (non-hydrogen) atoms. The fourth-order valence-electron chi connectivity index (χ4n) is 4.47. The highest BCUT2D eigenvalue weighted by Gasteiger charge is 2.46. The molecule has 1 fully saturated rings. The topological polar surface area (TPSA) is 89.2 Å². The number of hydrogen-bond donors (Lipinski definition) is 1. The Morgan fingerprint density at radius 1 is 1.15 bits per heavy atom. The zero-order valence-corrected chi connectivity index (χ0v) is 18.3. The number of nitrogens with zero attached hydrogens (tertiary/aromatic N) is 1. The number of carbonyl (C=O) groups excluding carboxylic acids is 2. The number of likely N-dealkylation sites (tertiary alicyclic amines) is 1. The molecule has 3 heterocycles. The average Bonchev–Trinajstić information content (AvgIpc) is 3.53. The van der Waals surface area contributed by atoms with Gasteiger partial charge in [-0.2, -0.15) is 0 Å². The second-order valence-electron chi connectivity index (χ2n) is 8.23. The van der Waals surface area contributed by atoms with Crippen LogP contribution < -0.4 is 9.47 Å². The molecule has 0 spiro atoms. The largest absolute Gasteiger partial charge is 0.507 e. The number of methoxy groups -OCH3 is 1. The van der Waals surface area contributed by atoms with Gasteiger partial charge in [0, 0.05) is 12.0 Å². The number of aliphatic hydroxyl groups excluding tert-OH is 1. The fraction of sp³-hybridized carbons (Fsp3) is 0.231. The maximum atomic E-state index is 13.2. The molecule has 7 nitrogen and oxygen atoms in total. The van der Waals surface area contributed by atoms with E-state index in [0.717, 1.165) is 11.3 Å². The molecule has 2 aliphatic rings. The van der Waals surface area contributed by atoms with Gasteiger partial charge in [-0.15, -0.1) is 0 Å². The summed E-state index contributed by atoms with van der Waals surface area (Å²) in [6.07, 6.45) is 2.28. The van der Waals surface area contributed by atoms with E-state index in [0.29, 0.717) is 29.1 Å². The molecular weight excluding hydrogens is 422 g/mol. The van der Waals surface area contributed by atoms with Gasteiger partial charge in [0.1, 0.15) is 29.1 Å². The molecule has 1 N–H and O–H groups in total. The van der Waals surface area contributed by atoms with Crippen molar-refractivity contribution in [1.29, 1.82) is 0 Å². The number of ether oxygens (including phenoxy) is 2. The van der Waals surface area contributed by atoms with Gasteiger partial charge in [-0.3, -0.25) is 9.59 Å². The van der Waals surface area contributed by atoms with Gasteiger partial charge < -0.3 is 23.9 Å². The SMILES string of the molecule is COc1ccc(C2C(=C(O)c3ccc4c(c3)CC(C)O4)C(=O)C(=O)N2Cc2ccco2)cc1. The van der Waals surface area contributed by atoms with E-state index in [4.69, 9.17) is 13.9 Å². The van der Waals surface area contributed by atoms with Crippen molar-refractivity contribution in [2.75, 3.05) is 7.11 Å². The summed E-state index contributed by atoms with van der Waals surface area (Å²) >= 11 is 0. The highest BCUT2D eigenvalue weighted by atomic mass is 16.5. The lowest BCUT2D eigenvalue weighted by Crippen LogP contribution is -2.29. The Morgan fingerprint density at radius 2 is 1.94 bits per heavy atom. The van der Waals surface area contributed by atoms with E-state index >= 15 is 0 Å². The normalized spacial score (nSPS) is 21.2. The van der Waals surface area contributed by atoms with Gasteiger partial charge in [0.2, 0.25) is 0 Å². The maximum absolute atomic E-state index is 13.2. The Labute approximate surface area is 190 Å². The Balaban J connectivity index is 1.62. The lowest BCUT2D eigenvalue weighted by molar-refractivity contribution is -0.140. The van der Waals surface area contributed by atoms with Gasteiger partial charge in [-0.25, -0.2) is 0 Å².